The molecule has 1 fully saturated rings. The lowest BCUT2D eigenvalue weighted by molar-refractivity contribution is -0.277. The normalized spacial score (nSPS) is 29.0. The van der Waals surface area contributed by atoms with Crippen molar-refractivity contribution in [3.05, 3.63) is 23.8 Å². The first-order valence-electron chi connectivity index (χ1n) is 7.97. The van der Waals surface area contributed by atoms with E-state index in [4.69, 9.17) is 24.1 Å². The third-order valence-electron chi connectivity index (χ3n) is 3.98. The second-order valence-corrected chi connectivity index (χ2v) is 5.65. The lowest BCUT2D eigenvalue weighted by Crippen LogP contribution is -2.60. The van der Waals surface area contributed by atoms with Gasteiger partial charge in [-0.1, -0.05) is 12.2 Å². The standard InChI is InChI=1S/C17H24O9/c1-23-10-6-9(4-3-5-18)7-11(24-2)16(10)26-17-15(22)14(21)13(20)12(8-19)25-17/h3-4,6-7,12-15,17-22H,5,8H2,1-2H3/b4-3+/t12-,13-,14+,15-,17+/m0/s1. The summed E-state index contributed by atoms with van der Waals surface area (Å²) in [5.41, 5.74) is 0.675. The Morgan fingerprint density at radius 3 is 2.12 bits per heavy atom. The van der Waals surface area contributed by atoms with Crippen molar-refractivity contribution >= 4 is 6.08 Å². The molecule has 1 aliphatic heterocycles. The van der Waals surface area contributed by atoms with Gasteiger partial charge < -0.3 is 44.5 Å². The van der Waals surface area contributed by atoms with E-state index in [0.717, 1.165) is 0 Å². The van der Waals surface area contributed by atoms with E-state index in [2.05, 4.69) is 0 Å². The van der Waals surface area contributed by atoms with Crippen molar-refractivity contribution in [2.75, 3.05) is 27.4 Å². The Hall–Kier alpha value is -1.88. The predicted molar refractivity (Wildman–Crippen MR) is 90.1 cm³/mol. The number of aliphatic hydroxyl groups is 5. The van der Waals surface area contributed by atoms with Gasteiger partial charge in [-0.25, -0.2) is 0 Å². The van der Waals surface area contributed by atoms with E-state index >= 15 is 0 Å². The molecule has 0 aromatic heterocycles. The topological polar surface area (TPSA) is 138 Å². The molecule has 0 saturated carbocycles. The minimum Gasteiger partial charge on any atom is -0.493 e. The molecule has 5 atom stereocenters. The maximum atomic E-state index is 10.1. The monoisotopic (exact) mass is 372 g/mol. The van der Waals surface area contributed by atoms with E-state index < -0.39 is 37.3 Å². The summed E-state index contributed by atoms with van der Waals surface area (Å²) in [4.78, 5) is 0. The van der Waals surface area contributed by atoms with Crippen LogP contribution in [0.25, 0.3) is 6.08 Å². The first-order valence-corrected chi connectivity index (χ1v) is 7.97. The summed E-state index contributed by atoms with van der Waals surface area (Å²) in [7, 11) is 2.82. The van der Waals surface area contributed by atoms with Crippen LogP contribution in [0.1, 0.15) is 5.56 Å². The van der Waals surface area contributed by atoms with E-state index in [-0.39, 0.29) is 23.9 Å². The molecule has 9 heteroatoms. The molecule has 9 nitrogen and oxygen atoms in total. The smallest absolute Gasteiger partial charge is 0.229 e. The van der Waals surface area contributed by atoms with Crippen LogP contribution in [0.3, 0.4) is 0 Å². The molecular formula is C17H24O9. The summed E-state index contributed by atoms with van der Waals surface area (Å²) in [6.45, 7) is -0.697. The van der Waals surface area contributed by atoms with Gasteiger partial charge >= 0.3 is 0 Å². The highest BCUT2D eigenvalue weighted by Crippen LogP contribution is 2.40. The van der Waals surface area contributed by atoms with Crippen LogP contribution >= 0.6 is 0 Å². The number of hydrogen-bond donors (Lipinski definition) is 5. The highest BCUT2D eigenvalue weighted by atomic mass is 16.7. The Kier molecular flexibility index (Phi) is 7.21. The summed E-state index contributed by atoms with van der Waals surface area (Å²) in [6.07, 6.45) is -3.88. The van der Waals surface area contributed by atoms with Crippen molar-refractivity contribution in [1.82, 2.24) is 0 Å². The summed E-state index contributed by atoms with van der Waals surface area (Å²) in [5.74, 6) is 0.637. The third-order valence-corrected chi connectivity index (χ3v) is 3.98. The predicted octanol–water partition coefficient (Wildman–Crippen LogP) is -1.11. The van der Waals surface area contributed by atoms with Crippen molar-refractivity contribution in [2.45, 2.75) is 30.7 Å². The molecule has 1 aromatic rings. The zero-order valence-electron chi connectivity index (χ0n) is 14.5. The van der Waals surface area contributed by atoms with E-state index in [1.54, 1.807) is 18.2 Å². The Labute approximate surface area is 150 Å². The fraction of sp³-hybridized carbons (Fsp3) is 0.529. The highest BCUT2D eigenvalue weighted by Gasteiger charge is 2.45. The molecule has 1 heterocycles. The number of methoxy groups -OCH3 is 2. The van der Waals surface area contributed by atoms with Gasteiger partial charge in [0.15, 0.2) is 11.5 Å². The van der Waals surface area contributed by atoms with Crippen LogP contribution in [0.2, 0.25) is 0 Å². The van der Waals surface area contributed by atoms with E-state index in [1.165, 1.54) is 20.3 Å². The second kappa shape index (κ2) is 9.17. The van der Waals surface area contributed by atoms with Crippen LogP contribution in [-0.2, 0) is 4.74 Å². The Bertz CT molecular complexity index is 591. The molecule has 0 spiro atoms. The van der Waals surface area contributed by atoms with Crippen molar-refractivity contribution < 1.29 is 44.5 Å². The van der Waals surface area contributed by atoms with E-state index in [9.17, 15) is 20.4 Å². The SMILES string of the molecule is COc1cc(/C=C/CO)cc(OC)c1O[C@H]1O[C@@H](CO)[C@H](O)[C@@H](O)[C@@H]1O. The molecule has 0 amide bonds. The van der Waals surface area contributed by atoms with Crippen molar-refractivity contribution in [3.8, 4) is 17.2 Å². The van der Waals surface area contributed by atoms with Gasteiger partial charge in [0.05, 0.1) is 27.4 Å². The Balaban J connectivity index is 2.33. The zero-order valence-corrected chi connectivity index (χ0v) is 14.5. The molecule has 0 unspecified atom stereocenters. The summed E-state index contributed by atoms with van der Waals surface area (Å²) < 4.78 is 21.6. The van der Waals surface area contributed by atoms with E-state index in [1.807, 2.05) is 0 Å². The van der Waals surface area contributed by atoms with E-state index in [0.29, 0.717) is 5.56 Å². The lowest BCUT2D eigenvalue weighted by Gasteiger charge is -2.39. The van der Waals surface area contributed by atoms with Crippen molar-refractivity contribution in [2.24, 2.45) is 0 Å². The van der Waals surface area contributed by atoms with Crippen LogP contribution in [0.5, 0.6) is 17.2 Å². The summed E-state index contributed by atoms with van der Waals surface area (Å²) >= 11 is 0. The molecule has 2 rings (SSSR count). The lowest BCUT2D eigenvalue weighted by atomic mass is 9.99. The first-order chi connectivity index (χ1) is 12.5. The molecule has 1 saturated heterocycles. The quantitative estimate of drug-likeness (QED) is 0.403. The van der Waals surface area contributed by atoms with Crippen LogP contribution in [-0.4, -0.2) is 83.7 Å². The zero-order chi connectivity index (χ0) is 19.3. The van der Waals surface area contributed by atoms with Gasteiger partial charge in [0.2, 0.25) is 12.0 Å². The van der Waals surface area contributed by atoms with Gasteiger partial charge in [-0.2, -0.15) is 0 Å². The van der Waals surface area contributed by atoms with Gasteiger partial charge in [0.1, 0.15) is 24.4 Å². The molecule has 26 heavy (non-hydrogen) atoms. The molecule has 146 valence electrons. The highest BCUT2D eigenvalue weighted by molar-refractivity contribution is 5.62. The number of ether oxygens (including phenoxy) is 4. The fourth-order valence-corrected chi connectivity index (χ4v) is 2.58. The molecule has 0 aliphatic carbocycles. The van der Waals surface area contributed by atoms with Crippen LogP contribution < -0.4 is 14.2 Å². The minimum absolute atomic E-state index is 0.112. The van der Waals surface area contributed by atoms with Crippen LogP contribution in [0, 0.1) is 0 Å². The molecule has 1 aliphatic rings. The molecule has 0 radical (unpaired) electrons. The Morgan fingerprint density at radius 1 is 1.00 bits per heavy atom. The summed E-state index contributed by atoms with van der Waals surface area (Å²) in [5, 5.41) is 48.0. The summed E-state index contributed by atoms with van der Waals surface area (Å²) in [6, 6.07) is 3.24. The molecule has 0 bridgehead atoms. The Morgan fingerprint density at radius 2 is 1.62 bits per heavy atom. The number of hydrogen-bond acceptors (Lipinski definition) is 9. The second-order valence-electron chi connectivity index (χ2n) is 5.65. The van der Waals surface area contributed by atoms with Crippen LogP contribution in [0.15, 0.2) is 18.2 Å². The third kappa shape index (κ3) is 4.26. The van der Waals surface area contributed by atoms with Crippen molar-refractivity contribution in [1.29, 1.82) is 0 Å². The molecule has 1 aromatic carbocycles. The van der Waals surface area contributed by atoms with Gasteiger partial charge in [0, 0.05) is 0 Å². The van der Waals surface area contributed by atoms with Gasteiger partial charge in [-0.05, 0) is 17.7 Å². The number of aliphatic hydroxyl groups excluding tert-OH is 5. The molecule has 5 N–H and O–H groups in total. The first kappa shape index (κ1) is 20.4. The van der Waals surface area contributed by atoms with Crippen molar-refractivity contribution in [3.63, 3.8) is 0 Å². The average molecular weight is 372 g/mol. The minimum atomic E-state index is -1.56. The largest absolute Gasteiger partial charge is 0.493 e. The van der Waals surface area contributed by atoms with Gasteiger partial charge in [0.25, 0.3) is 0 Å². The fourth-order valence-electron chi connectivity index (χ4n) is 2.58. The number of rotatable bonds is 7. The number of benzene rings is 1. The molecular weight excluding hydrogens is 348 g/mol. The maximum Gasteiger partial charge on any atom is 0.229 e. The van der Waals surface area contributed by atoms with Gasteiger partial charge in [-0.3, -0.25) is 0 Å². The van der Waals surface area contributed by atoms with Crippen LogP contribution in [0.4, 0.5) is 0 Å². The maximum absolute atomic E-state index is 10.1. The average Bonchev–Trinajstić information content (AvgIpc) is 2.66. The van der Waals surface area contributed by atoms with Gasteiger partial charge in [-0.15, -0.1) is 0 Å².